The zero-order valence-corrected chi connectivity index (χ0v) is 11.4. The van der Waals surface area contributed by atoms with E-state index in [1.165, 1.54) is 0 Å². The maximum absolute atomic E-state index is 12.2. The standard InChI is InChI=1S/C14H26N2O2/c1-10-3-2-4-12(15)13(10)14(17)16-9-11-5-7-18-8-6-11/h10-13H,2-9,15H2,1H3,(H,16,17). The highest BCUT2D eigenvalue weighted by Gasteiger charge is 2.33. The lowest BCUT2D eigenvalue weighted by Crippen LogP contribution is -2.48. The van der Waals surface area contributed by atoms with E-state index in [2.05, 4.69) is 12.2 Å². The van der Waals surface area contributed by atoms with E-state index in [0.29, 0.717) is 11.8 Å². The highest BCUT2D eigenvalue weighted by molar-refractivity contribution is 5.79. The molecule has 3 unspecified atom stereocenters. The number of nitrogens with one attached hydrogen (secondary N) is 1. The van der Waals surface area contributed by atoms with Crippen LogP contribution in [0.4, 0.5) is 0 Å². The van der Waals surface area contributed by atoms with Crippen molar-refractivity contribution in [2.24, 2.45) is 23.5 Å². The molecule has 1 aliphatic heterocycles. The average molecular weight is 254 g/mol. The third kappa shape index (κ3) is 3.45. The second-order valence-electron chi connectivity index (χ2n) is 5.90. The number of hydrogen-bond donors (Lipinski definition) is 2. The zero-order valence-electron chi connectivity index (χ0n) is 11.4. The minimum Gasteiger partial charge on any atom is -0.381 e. The number of carbonyl (C=O) groups excluding carboxylic acids is 1. The lowest BCUT2D eigenvalue weighted by molar-refractivity contribution is -0.128. The molecule has 1 saturated heterocycles. The van der Waals surface area contributed by atoms with E-state index in [-0.39, 0.29) is 17.9 Å². The minimum atomic E-state index is 0.0126. The van der Waals surface area contributed by atoms with Crippen molar-refractivity contribution in [1.82, 2.24) is 5.32 Å². The van der Waals surface area contributed by atoms with E-state index >= 15 is 0 Å². The van der Waals surface area contributed by atoms with Crippen LogP contribution in [0, 0.1) is 17.8 Å². The van der Waals surface area contributed by atoms with Crippen molar-refractivity contribution in [3.63, 3.8) is 0 Å². The maximum atomic E-state index is 12.2. The van der Waals surface area contributed by atoms with Crippen LogP contribution in [-0.4, -0.2) is 31.7 Å². The Labute approximate surface area is 110 Å². The van der Waals surface area contributed by atoms with Crippen molar-refractivity contribution < 1.29 is 9.53 Å². The van der Waals surface area contributed by atoms with Gasteiger partial charge in [0.15, 0.2) is 0 Å². The molecule has 0 radical (unpaired) electrons. The first kappa shape index (κ1) is 13.8. The molecule has 3 atom stereocenters. The van der Waals surface area contributed by atoms with Crippen molar-refractivity contribution in [3.8, 4) is 0 Å². The number of ether oxygens (including phenoxy) is 1. The topological polar surface area (TPSA) is 64.4 Å². The van der Waals surface area contributed by atoms with Gasteiger partial charge in [0, 0.05) is 25.8 Å². The van der Waals surface area contributed by atoms with Gasteiger partial charge in [0.05, 0.1) is 5.92 Å². The highest BCUT2D eigenvalue weighted by atomic mass is 16.5. The van der Waals surface area contributed by atoms with Gasteiger partial charge in [-0.2, -0.15) is 0 Å². The summed E-state index contributed by atoms with van der Waals surface area (Å²) in [5, 5.41) is 3.11. The summed E-state index contributed by atoms with van der Waals surface area (Å²) in [6, 6.07) is 0.0449. The number of carbonyl (C=O) groups is 1. The second kappa shape index (κ2) is 6.53. The monoisotopic (exact) mass is 254 g/mol. The molecule has 18 heavy (non-hydrogen) atoms. The van der Waals surface area contributed by atoms with Gasteiger partial charge < -0.3 is 15.8 Å². The first-order chi connectivity index (χ1) is 8.68. The zero-order chi connectivity index (χ0) is 13.0. The number of amides is 1. The fourth-order valence-electron chi connectivity index (χ4n) is 3.22. The fraction of sp³-hybridized carbons (Fsp3) is 0.929. The Hall–Kier alpha value is -0.610. The van der Waals surface area contributed by atoms with Crippen molar-refractivity contribution in [3.05, 3.63) is 0 Å². The Kier molecular flexibility index (Phi) is 5.01. The van der Waals surface area contributed by atoms with E-state index in [1.54, 1.807) is 0 Å². The molecule has 1 amide bonds. The minimum absolute atomic E-state index is 0.0126. The van der Waals surface area contributed by atoms with Crippen LogP contribution >= 0.6 is 0 Å². The molecule has 4 nitrogen and oxygen atoms in total. The predicted octanol–water partition coefficient (Wildman–Crippen LogP) is 1.29. The van der Waals surface area contributed by atoms with E-state index in [0.717, 1.165) is 51.9 Å². The van der Waals surface area contributed by atoms with Gasteiger partial charge >= 0.3 is 0 Å². The molecule has 0 aromatic heterocycles. The van der Waals surface area contributed by atoms with Gasteiger partial charge in [0.2, 0.25) is 5.91 Å². The summed E-state index contributed by atoms with van der Waals surface area (Å²) < 4.78 is 5.32. The molecule has 2 fully saturated rings. The SMILES string of the molecule is CC1CCCC(N)C1C(=O)NCC1CCOCC1. The molecule has 2 aliphatic rings. The molecule has 0 bridgehead atoms. The van der Waals surface area contributed by atoms with Gasteiger partial charge in [-0.3, -0.25) is 4.79 Å². The molecule has 1 aliphatic carbocycles. The Morgan fingerprint density at radius 2 is 2.00 bits per heavy atom. The van der Waals surface area contributed by atoms with Crippen LogP contribution in [0.2, 0.25) is 0 Å². The van der Waals surface area contributed by atoms with Crippen molar-refractivity contribution in [2.45, 2.75) is 45.1 Å². The Bertz CT molecular complexity index is 267. The highest BCUT2D eigenvalue weighted by Crippen LogP contribution is 2.29. The molecule has 2 rings (SSSR count). The van der Waals surface area contributed by atoms with Crippen LogP contribution in [0.25, 0.3) is 0 Å². The molecule has 104 valence electrons. The summed E-state index contributed by atoms with van der Waals surface area (Å²) in [5.74, 6) is 1.18. The smallest absolute Gasteiger partial charge is 0.224 e. The molecule has 3 N–H and O–H groups in total. The van der Waals surface area contributed by atoms with Gasteiger partial charge in [-0.25, -0.2) is 0 Å². The Morgan fingerprint density at radius 3 is 2.67 bits per heavy atom. The average Bonchev–Trinajstić information content (AvgIpc) is 2.37. The summed E-state index contributed by atoms with van der Waals surface area (Å²) in [7, 11) is 0. The third-order valence-corrected chi connectivity index (χ3v) is 4.48. The first-order valence-electron chi connectivity index (χ1n) is 7.29. The van der Waals surface area contributed by atoms with Gasteiger partial charge in [0.1, 0.15) is 0 Å². The quantitative estimate of drug-likeness (QED) is 0.797. The summed E-state index contributed by atoms with van der Waals surface area (Å²) in [5.41, 5.74) is 6.10. The Balaban J connectivity index is 1.79. The van der Waals surface area contributed by atoms with Crippen LogP contribution in [0.1, 0.15) is 39.0 Å². The van der Waals surface area contributed by atoms with E-state index < -0.39 is 0 Å². The van der Waals surface area contributed by atoms with Crippen molar-refractivity contribution >= 4 is 5.91 Å². The Morgan fingerprint density at radius 1 is 1.28 bits per heavy atom. The first-order valence-corrected chi connectivity index (χ1v) is 7.29. The largest absolute Gasteiger partial charge is 0.381 e. The van der Waals surface area contributed by atoms with Crippen LogP contribution in [-0.2, 0) is 9.53 Å². The number of hydrogen-bond acceptors (Lipinski definition) is 3. The van der Waals surface area contributed by atoms with Crippen molar-refractivity contribution in [1.29, 1.82) is 0 Å². The summed E-state index contributed by atoms with van der Waals surface area (Å²) in [4.78, 5) is 12.2. The van der Waals surface area contributed by atoms with Crippen LogP contribution in [0.5, 0.6) is 0 Å². The summed E-state index contributed by atoms with van der Waals surface area (Å²) in [6.07, 6.45) is 5.40. The fourth-order valence-corrected chi connectivity index (χ4v) is 3.22. The van der Waals surface area contributed by atoms with Gasteiger partial charge in [-0.15, -0.1) is 0 Å². The van der Waals surface area contributed by atoms with Gasteiger partial charge in [0.25, 0.3) is 0 Å². The van der Waals surface area contributed by atoms with E-state index in [1.807, 2.05) is 0 Å². The van der Waals surface area contributed by atoms with Gasteiger partial charge in [-0.1, -0.05) is 13.3 Å². The molecule has 1 saturated carbocycles. The molecule has 0 aromatic carbocycles. The molecule has 4 heteroatoms. The second-order valence-corrected chi connectivity index (χ2v) is 5.90. The van der Waals surface area contributed by atoms with E-state index in [4.69, 9.17) is 10.5 Å². The summed E-state index contributed by atoms with van der Waals surface area (Å²) >= 11 is 0. The predicted molar refractivity (Wildman–Crippen MR) is 71.0 cm³/mol. The van der Waals surface area contributed by atoms with Crippen molar-refractivity contribution in [2.75, 3.05) is 19.8 Å². The lowest BCUT2D eigenvalue weighted by Gasteiger charge is -2.33. The molecular weight excluding hydrogens is 228 g/mol. The van der Waals surface area contributed by atoms with E-state index in [9.17, 15) is 4.79 Å². The van der Waals surface area contributed by atoms with Crippen LogP contribution in [0.15, 0.2) is 0 Å². The number of nitrogens with two attached hydrogens (primary N) is 1. The normalized spacial score (nSPS) is 34.2. The third-order valence-electron chi connectivity index (χ3n) is 4.48. The van der Waals surface area contributed by atoms with Crippen LogP contribution < -0.4 is 11.1 Å². The van der Waals surface area contributed by atoms with Gasteiger partial charge in [-0.05, 0) is 37.5 Å². The maximum Gasteiger partial charge on any atom is 0.224 e. The molecule has 0 aromatic rings. The molecular formula is C14H26N2O2. The van der Waals surface area contributed by atoms with Crippen LogP contribution in [0.3, 0.4) is 0 Å². The molecule has 0 spiro atoms. The molecule has 1 heterocycles. The number of rotatable bonds is 3. The lowest BCUT2D eigenvalue weighted by atomic mass is 9.76. The summed E-state index contributed by atoms with van der Waals surface area (Å²) in [6.45, 7) is 4.61.